The van der Waals surface area contributed by atoms with Gasteiger partial charge in [0.1, 0.15) is 6.04 Å². The number of benzene rings is 1. The highest BCUT2D eigenvalue weighted by molar-refractivity contribution is 9.07. The molecule has 3 rings (SSSR count). The number of hydrogen-bond acceptors (Lipinski definition) is 3. The summed E-state index contributed by atoms with van der Waals surface area (Å²) < 4.78 is 40.1. The second-order valence-corrected chi connectivity index (χ2v) is 6.74. The molecule has 3 unspecified atom stereocenters. The van der Waals surface area contributed by atoms with Crippen molar-refractivity contribution in [3.63, 3.8) is 0 Å². The first-order valence-electron chi connectivity index (χ1n) is 7.37. The van der Waals surface area contributed by atoms with E-state index >= 15 is 0 Å². The van der Waals surface area contributed by atoms with Gasteiger partial charge in [-0.2, -0.15) is 13.2 Å². The minimum atomic E-state index is -4.29. The molecule has 2 aliphatic heterocycles. The molecule has 1 aromatic rings. The van der Waals surface area contributed by atoms with E-state index in [1.807, 2.05) is 37.3 Å². The molecule has 0 amide bonds. The number of nitrogens with one attached hydrogen (secondary N) is 1. The van der Waals surface area contributed by atoms with Crippen molar-refractivity contribution in [1.29, 1.82) is 0 Å². The summed E-state index contributed by atoms with van der Waals surface area (Å²) in [4.78, 5) is 12.9. The molecule has 2 aliphatic rings. The van der Waals surface area contributed by atoms with Crippen LogP contribution in [-0.2, 0) is 4.79 Å². The Morgan fingerprint density at radius 1 is 1.30 bits per heavy atom. The molecular formula is C16H16BrF3N2O. The van der Waals surface area contributed by atoms with Gasteiger partial charge in [0.05, 0.1) is 12.5 Å². The molecule has 124 valence electrons. The second kappa shape index (κ2) is 5.94. The van der Waals surface area contributed by atoms with Crippen LogP contribution in [0.2, 0.25) is 0 Å². The molecule has 1 aromatic carbocycles. The zero-order valence-electron chi connectivity index (χ0n) is 12.4. The van der Waals surface area contributed by atoms with Gasteiger partial charge in [-0.3, -0.25) is 4.79 Å². The van der Waals surface area contributed by atoms with Crippen molar-refractivity contribution in [3.8, 4) is 0 Å². The van der Waals surface area contributed by atoms with Gasteiger partial charge in [0, 0.05) is 39.9 Å². The van der Waals surface area contributed by atoms with Crippen molar-refractivity contribution in [2.45, 2.75) is 31.6 Å². The van der Waals surface area contributed by atoms with Crippen LogP contribution in [0.1, 0.15) is 24.9 Å². The monoisotopic (exact) mass is 388 g/mol. The summed E-state index contributed by atoms with van der Waals surface area (Å²) in [5, 5.41) is 3.00. The van der Waals surface area contributed by atoms with Gasteiger partial charge in [-0.15, -0.1) is 0 Å². The largest absolute Gasteiger partial charge is 0.389 e. The predicted octanol–water partition coefficient (Wildman–Crippen LogP) is 3.74. The summed E-state index contributed by atoms with van der Waals surface area (Å²) in [6, 6.07) is 8.29. The van der Waals surface area contributed by atoms with Crippen LogP contribution >= 0.6 is 16.1 Å². The number of carbonyl (C=O) groups excluding carboxylic acids is 1. The Morgan fingerprint density at radius 2 is 1.96 bits per heavy atom. The van der Waals surface area contributed by atoms with E-state index in [1.54, 1.807) is 3.93 Å². The van der Waals surface area contributed by atoms with Crippen LogP contribution in [0.25, 0.3) is 0 Å². The smallest absolute Gasteiger partial charge is 0.386 e. The Hall–Kier alpha value is -1.34. The maximum atomic E-state index is 12.9. The minimum Gasteiger partial charge on any atom is -0.386 e. The molecule has 7 heteroatoms. The average molecular weight is 389 g/mol. The molecule has 0 spiro atoms. The lowest BCUT2D eigenvalue weighted by Crippen LogP contribution is -2.42. The molecule has 0 aliphatic carbocycles. The Labute approximate surface area is 140 Å². The molecule has 3 atom stereocenters. The Kier molecular flexibility index (Phi) is 4.27. The van der Waals surface area contributed by atoms with Crippen molar-refractivity contribution >= 4 is 21.9 Å². The van der Waals surface area contributed by atoms with Crippen LogP contribution in [0.4, 0.5) is 13.2 Å². The van der Waals surface area contributed by atoms with Crippen molar-refractivity contribution in [2.24, 2.45) is 5.92 Å². The lowest BCUT2D eigenvalue weighted by molar-refractivity contribution is -0.142. The quantitative estimate of drug-likeness (QED) is 0.783. The SMILES string of the molecule is CC1C2=C(C(=O)C(c3ccccc3)N1Br)C(CC(F)(F)F)CN2. The lowest BCUT2D eigenvalue weighted by Gasteiger charge is -2.36. The zero-order chi connectivity index (χ0) is 16.8. The molecule has 23 heavy (non-hydrogen) atoms. The van der Waals surface area contributed by atoms with E-state index in [0.29, 0.717) is 11.3 Å². The van der Waals surface area contributed by atoms with Crippen LogP contribution < -0.4 is 5.32 Å². The molecule has 1 N–H and O–H groups in total. The average Bonchev–Trinajstić information content (AvgIpc) is 2.88. The zero-order valence-corrected chi connectivity index (χ0v) is 14.0. The van der Waals surface area contributed by atoms with Gasteiger partial charge in [-0.25, -0.2) is 3.93 Å². The van der Waals surface area contributed by atoms with Crippen LogP contribution in [0.3, 0.4) is 0 Å². The van der Waals surface area contributed by atoms with Crippen LogP contribution in [-0.4, -0.2) is 28.5 Å². The first kappa shape index (κ1) is 16.5. The van der Waals surface area contributed by atoms with Crippen LogP contribution in [0.5, 0.6) is 0 Å². The van der Waals surface area contributed by atoms with Gasteiger partial charge >= 0.3 is 6.18 Å². The van der Waals surface area contributed by atoms with Gasteiger partial charge in [0.15, 0.2) is 5.78 Å². The summed E-state index contributed by atoms with van der Waals surface area (Å²) in [6.07, 6.45) is -5.26. The van der Waals surface area contributed by atoms with E-state index < -0.39 is 24.6 Å². The highest BCUT2D eigenvalue weighted by atomic mass is 79.9. The van der Waals surface area contributed by atoms with Crippen molar-refractivity contribution in [2.75, 3.05) is 6.54 Å². The van der Waals surface area contributed by atoms with E-state index in [4.69, 9.17) is 0 Å². The third-order valence-electron chi connectivity index (χ3n) is 4.38. The van der Waals surface area contributed by atoms with Gasteiger partial charge in [0.2, 0.25) is 0 Å². The van der Waals surface area contributed by atoms with Gasteiger partial charge in [0.25, 0.3) is 0 Å². The Morgan fingerprint density at radius 3 is 2.57 bits per heavy atom. The number of nitrogens with zero attached hydrogens (tertiary/aromatic N) is 1. The van der Waals surface area contributed by atoms with E-state index in [9.17, 15) is 18.0 Å². The van der Waals surface area contributed by atoms with E-state index in [2.05, 4.69) is 21.5 Å². The summed E-state index contributed by atoms with van der Waals surface area (Å²) >= 11 is 3.43. The highest BCUT2D eigenvalue weighted by Gasteiger charge is 2.47. The van der Waals surface area contributed by atoms with Crippen molar-refractivity contribution < 1.29 is 18.0 Å². The maximum absolute atomic E-state index is 12.9. The molecule has 0 bridgehead atoms. The van der Waals surface area contributed by atoms with E-state index in [0.717, 1.165) is 5.56 Å². The van der Waals surface area contributed by atoms with Gasteiger partial charge < -0.3 is 5.32 Å². The first-order valence-corrected chi connectivity index (χ1v) is 8.08. The molecule has 3 nitrogen and oxygen atoms in total. The van der Waals surface area contributed by atoms with Crippen LogP contribution in [0, 0.1) is 5.92 Å². The number of alkyl halides is 3. The molecule has 2 heterocycles. The fourth-order valence-corrected chi connectivity index (χ4v) is 3.97. The van der Waals surface area contributed by atoms with Gasteiger partial charge in [-0.1, -0.05) is 30.3 Å². The lowest BCUT2D eigenvalue weighted by atomic mass is 9.84. The van der Waals surface area contributed by atoms with Crippen LogP contribution in [0.15, 0.2) is 41.6 Å². The normalized spacial score (nSPS) is 28.7. The van der Waals surface area contributed by atoms with Gasteiger partial charge in [-0.05, 0) is 12.5 Å². The molecule has 0 saturated carbocycles. The first-order chi connectivity index (χ1) is 10.8. The van der Waals surface area contributed by atoms with E-state index in [1.165, 1.54) is 0 Å². The number of Topliss-reactive ketones (excluding diaryl/α,β-unsaturated/α-hetero) is 1. The topological polar surface area (TPSA) is 32.3 Å². The Balaban J connectivity index is 1.99. The standard InChI is InChI=1S/C16H16BrF3N2O/c1-9-13-12(11(8-21-13)7-16(18,19)20)15(23)14(22(9)17)10-5-3-2-4-6-10/h2-6,9,11,14,21H,7-8H2,1H3. The summed E-state index contributed by atoms with van der Waals surface area (Å²) in [7, 11) is 0. The molecular weight excluding hydrogens is 373 g/mol. The summed E-state index contributed by atoms with van der Waals surface area (Å²) in [5.41, 5.74) is 1.68. The summed E-state index contributed by atoms with van der Waals surface area (Å²) in [6.45, 7) is 2.03. The number of rotatable bonds is 2. The number of carbonyl (C=O) groups is 1. The molecule has 0 radical (unpaired) electrons. The Bertz CT molecular complexity index is 644. The van der Waals surface area contributed by atoms with Crippen molar-refractivity contribution in [1.82, 2.24) is 9.24 Å². The molecule has 0 aromatic heterocycles. The summed E-state index contributed by atoms with van der Waals surface area (Å²) in [5.74, 6) is -1.08. The van der Waals surface area contributed by atoms with Crippen molar-refractivity contribution in [3.05, 3.63) is 47.2 Å². The third-order valence-corrected chi connectivity index (χ3v) is 5.40. The molecule has 0 fully saturated rings. The maximum Gasteiger partial charge on any atom is 0.389 e. The third kappa shape index (κ3) is 3.04. The second-order valence-electron chi connectivity index (χ2n) is 5.92. The minimum absolute atomic E-state index is 0.155. The number of halogens is 4. The number of ketones is 1. The fraction of sp³-hybridized carbons (Fsp3) is 0.438. The van der Waals surface area contributed by atoms with E-state index in [-0.39, 0.29) is 18.4 Å². The molecule has 0 saturated heterocycles. The fourth-order valence-electron chi connectivity index (χ4n) is 3.35. The predicted molar refractivity (Wildman–Crippen MR) is 83.6 cm³/mol. The number of hydrogen-bond donors (Lipinski definition) is 1. The highest BCUT2D eigenvalue weighted by Crippen LogP contribution is 2.43.